The van der Waals surface area contributed by atoms with Gasteiger partial charge in [-0.3, -0.25) is 0 Å². The molecule has 1 heterocycles. The van der Waals surface area contributed by atoms with Crippen molar-refractivity contribution < 1.29 is 14.3 Å². The molecular weight excluding hydrogens is 274 g/mol. The van der Waals surface area contributed by atoms with Crippen LogP contribution in [0.5, 0.6) is 0 Å². The fraction of sp³-hybridized carbons (Fsp3) is 0.533. The minimum Gasteiger partial charge on any atom is -0.447 e. The van der Waals surface area contributed by atoms with Crippen LogP contribution in [0.3, 0.4) is 0 Å². The fourth-order valence-corrected chi connectivity index (χ4v) is 3.39. The fourth-order valence-electron chi connectivity index (χ4n) is 2.22. The van der Waals surface area contributed by atoms with E-state index in [9.17, 15) is 4.79 Å². The Hall–Kier alpha value is -1.20. The Morgan fingerprint density at radius 1 is 1.50 bits per heavy atom. The van der Waals surface area contributed by atoms with Crippen molar-refractivity contribution in [3.05, 3.63) is 35.4 Å². The van der Waals surface area contributed by atoms with Crippen LogP contribution >= 0.6 is 11.8 Å². The van der Waals surface area contributed by atoms with Crippen LogP contribution in [-0.2, 0) is 14.4 Å². The molecule has 2 N–H and O–H groups in total. The van der Waals surface area contributed by atoms with Crippen molar-refractivity contribution in [3.8, 4) is 0 Å². The maximum atomic E-state index is 10.6. The summed E-state index contributed by atoms with van der Waals surface area (Å²) in [7, 11) is 0. The Balaban J connectivity index is 2.03. The highest BCUT2D eigenvalue weighted by Crippen LogP contribution is 2.44. The SMILES string of the molecule is CC(C)c1ccc(C2(C)OC(COC(N)=O)CS2)cc1. The molecule has 5 heteroatoms. The molecule has 1 aromatic rings. The van der Waals surface area contributed by atoms with E-state index in [1.165, 1.54) is 5.56 Å². The molecule has 1 aromatic carbocycles. The van der Waals surface area contributed by atoms with Gasteiger partial charge in [-0.25, -0.2) is 4.79 Å². The highest BCUT2D eigenvalue weighted by atomic mass is 32.2. The van der Waals surface area contributed by atoms with Gasteiger partial charge in [-0.2, -0.15) is 0 Å². The summed E-state index contributed by atoms with van der Waals surface area (Å²) in [6, 6.07) is 8.50. The van der Waals surface area contributed by atoms with Crippen LogP contribution in [-0.4, -0.2) is 24.6 Å². The predicted octanol–water partition coefficient (Wildman–Crippen LogP) is 3.21. The van der Waals surface area contributed by atoms with Crippen LogP contribution in [0.25, 0.3) is 0 Å². The molecule has 4 nitrogen and oxygen atoms in total. The summed E-state index contributed by atoms with van der Waals surface area (Å²) < 4.78 is 10.8. The topological polar surface area (TPSA) is 61.6 Å². The molecule has 110 valence electrons. The molecule has 2 atom stereocenters. The van der Waals surface area contributed by atoms with E-state index in [-0.39, 0.29) is 17.6 Å². The molecule has 0 aliphatic carbocycles. The third-order valence-electron chi connectivity index (χ3n) is 3.45. The number of amides is 1. The van der Waals surface area contributed by atoms with Gasteiger partial charge in [-0.15, -0.1) is 11.8 Å². The van der Waals surface area contributed by atoms with Crippen molar-refractivity contribution in [2.75, 3.05) is 12.4 Å². The Morgan fingerprint density at radius 3 is 2.70 bits per heavy atom. The Morgan fingerprint density at radius 2 is 2.15 bits per heavy atom. The molecule has 1 aliphatic heterocycles. The molecule has 0 spiro atoms. The van der Waals surface area contributed by atoms with Gasteiger partial charge >= 0.3 is 6.09 Å². The third-order valence-corrected chi connectivity index (χ3v) is 4.87. The van der Waals surface area contributed by atoms with E-state index in [0.717, 1.165) is 11.3 Å². The highest BCUT2D eigenvalue weighted by Gasteiger charge is 2.38. The number of hydrogen-bond donors (Lipinski definition) is 1. The number of ether oxygens (including phenoxy) is 2. The lowest BCUT2D eigenvalue weighted by Crippen LogP contribution is -2.26. The molecule has 2 unspecified atom stereocenters. The molecule has 0 bridgehead atoms. The summed E-state index contributed by atoms with van der Waals surface area (Å²) in [5.74, 6) is 1.31. The van der Waals surface area contributed by atoms with E-state index in [1.807, 2.05) is 6.92 Å². The smallest absolute Gasteiger partial charge is 0.404 e. The predicted molar refractivity (Wildman–Crippen MR) is 80.7 cm³/mol. The number of nitrogens with two attached hydrogens (primary N) is 1. The average Bonchev–Trinajstić information content (AvgIpc) is 2.80. The van der Waals surface area contributed by atoms with Crippen molar-refractivity contribution in [1.29, 1.82) is 0 Å². The average molecular weight is 295 g/mol. The zero-order valence-electron chi connectivity index (χ0n) is 12.1. The summed E-state index contributed by atoms with van der Waals surface area (Å²) >= 11 is 1.72. The van der Waals surface area contributed by atoms with Crippen molar-refractivity contribution in [2.24, 2.45) is 5.73 Å². The maximum Gasteiger partial charge on any atom is 0.404 e. The number of primary amides is 1. The van der Waals surface area contributed by atoms with E-state index in [4.69, 9.17) is 15.2 Å². The number of rotatable bonds is 4. The maximum absolute atomic E-state index is 10.6. The van der Waals surface area contributed by atoms with Crippen LogP contribution in [0.4, 0.5) is 4.79 Å². The Labute approximate surface area is 124 Å². The highest BCUT2D eigenvalue weighted by molar-refractivity contribution is 8.00. The van der Waals surface area contributed by atoms with Crippen LogP contribution in [0, 0.1) is 0 Å². The standard InChI is InChI=1S/C15H21NO3S/c1-10(2)11-4-6-12(7-5-11)15(3)19-13(9-20-15)8-18-14(16)17/h4-7,10,13H,8-9H2,1-3H3,(H2,16,17). The monoisotopic (exact) mass is 295 g/mol. The Kier molecular flexibility index (Phi) is 4.60. The second kappa shape index (κ2) is 6.06. The van der Waals surface area contributed by atoms with Crippen molar-refractivity contribution in [2.45, 2.75) is 37.7 Å². The lowest BCUT2D eigenvalue weighted by molar-refractivity contribution is -0.0278. The first kappa shape index (κ1) is 15.2. The van der Waals surface area contributed by atoms with Gasteiger partial charge in [-0.1, -0.05) is 38.1 Å². The minimum atomic E-state index is -0.756. The van der Waals surface area contributed by atoms with Gasteiger partial charge in [0.15, 0.2) is 0 Å². The lowest BCUT2D eigenvalue weighted by atomic mass is 10.00. The van der Waals surface area contributed by atoms with Crippen LogP contribution in [0.15, 0.2) is 24.3 Å². The van der Waals surface area contributed by atoms with Crippen molar-refractivity contribution in [3.63, 3.8) is 0 Å². The van der Waals surface area contributed by atoms with Gasteiger partial charge in [0, 0.05) is 5.75 Å². The third kappa shape index (κ3) is 3.46. The first-order chi connectivity index (χ1) is 9.40. The number of benzene rings is 1. The van der Waals surface area contributed by atoms with Gasteiger partial charge in [0.05, 0.1) is 0 Å². The molecule has 2 rings (SSSR count). The number of carbonyl (C=O) groups is 1. The van der Waals surface area contributed by atoms with E-state index in [0.29, 0.717) is 5.92 Å². The van der Waals surface area contributed by atoms with Crippen molar-refractivity contribution in [1.82, 2.24) is 0 Å². The van der Waals surface area contributed by atoms with Crippen LogP contribution < -0.4 is 5.73 Å². The molecule has 0 radical (unpaired) electrons. The van der Waals surface area contributed by atoms with Crippen molar-refractivity contribution >= 4 is 17.9 Å². The summed E-state index contributed by atoms with van der Waals surface area (Å²) in [6.45, 7) is 6.61. The molecule has 20 heavy (non-hydrogen) atoms. The van der Waals surface area contributed by atoms with Gasteiger partial charge in [0.25, 0.3) is 0 Å². The molecule has 1 aliphatic rings. The molecule has 1 fully saturated rings. The zero-order chi connectivity index (χ0) is 14.8. The summed E-state index contributed by atoms with van der Waals surface area (Å²) in [5.41, 5.74) is 7.42. The number of thioether (sulfide) groups is 1. The normalized spacial score (nSPS) is 25.9. The molecule has 0 saturated carbocycles. The molecular formula is C15H21NO3S. The first-order valence-corrected chi connectivity index (χ1v) is 7.74. The van der Waals surface area contributed by atoms with E-state index in [1.54, 1.807) is 11.8 Å². The zero-order valence-corrected chi connectivity index (χ0v) is 12.9. The van der Waals surface area contributed by atoms with Gasteiger partial charge in [-0.05, 0) is 24.0 Å². The lowest BCUT2D eigenvalue weighted by Gasteiger charge is -2.24. The van der Waals surface area contributed by atoms with E-state index in [2.05, 4.69) is 38.1 Å². The van der Waals surface area contributed by atoms with E-state index < -0.39 is 6.09 Å². The number of hydrogen-bond acceptors (Lipinski definition) is 4. The van der Waals surface area contributed by atoms with Crippen LogP contribution in [0.1, 0.15) is 37.8 Å². The van der Waals surface area contributed by atoms with Crippen LogP contribution in [0.2, 0.25) is 0 Å². The second-order valence-electron chi connectivity index (χ2n) is 5.40. The van der Waals surface area contributed by atoms with E-state index >= 15 is 0 Å². The Bertz CT molecular complexity index is 475. The van der Waals surface area contributed by atoms with Gasteiger partial charge < -0.3 is 15.2 Å². The first-order valence-electron chi connectivity index (χ1n) is 6.75. The molecule has 1 saturated heterocycles. The van der Waals surface area contributed by atoms with Gasteiger partial charge in [0.2, 0.25) is 0 Å². The molecule has 0 aromatic heterocycles. The second-order valence-corrected chi connectivity index (χ2v) is 6.80. The summed E-state index contributed by atoms with van der Waals surface area (Å²) in [4.78, 5) is 10.2. The van der Waals surface area contributed by atoms with Gasteiger partial charge in [0.1, 0.15) is 17.6 Å². The summed E-state index contributed by atoms with van der Waals surface area (Å²) in [5, 5.41) is 0. The summed E-state index contributed by atoms with van der Waals surface area (Å²) in [6.07, 6.45) is -0.865. The quantitative estimate of drug-likeness (QED) is 0.926. The molecule has 1 amide bonds. The number of carbonyl (C=O) groups excluding carboxylic acids is 1. The minimum absolute atomic E-state index is 0.109. The largest absolute Gasteiger partial charge is 0.447 e.